The number of rotatable bonds is 3. The van der Waals surface area contributed by atoms with Crippen molar-refractivity contribution in [2.45, 2.75) is 0 Å². The zero-order chi connectivity index (χ0) is 18.9. The highest BCUT2D eigenvalue weighted by Crippen LogP contribution is 2.32. The maximum atomic E-state index is 12.4. The van der Waals surface area contributed by atoms with Gasteiger partial charge in [0, 0.05) is 48.1 Å². The third-order valence-electron chi connectivity index (χ3n) is 5.03. The maximum Gasteiger partial charge on any atom is 0.292 e. The Balaban J connectivity index is 1.39. The second-order valence-corrected chi connectivity index (χ2v) is 7.63. The molecule has 1 saturated heterocycles. The molecule has 28 heavy (non-hydrogen) atoms. The molecule has 0 unspecified atom stereocenters. The van der Waals surface area contributed by atoms with Gasteiger partial charge in [-0.05, 0) is 23.6 Å². The lowest BCUT2D eigenvalue weighted by atomic mass is 10.1. The van der Waals surface area contributed by atoms with Crippen molar-refractivity contribution in [2.75, 3.05) is 31.1 Å². The second-order valence-electron chi connectivity index (χ2n) is 6.68. The topological polar surface area (TPSA) is 62.5 Å². The number of anilines is 1. The van der Waals surface area contributed by atoms with Gasteiger partial charge in [0.2, 0.25) is 5.76 Å². The summed E-state index contributed by atoms with van der Waals surface area (Å²) < 4.78 is 4.99. The number of pyridine rings is 1. The van der Waals surface area contributed by atoms with Crippen LogP contribution < -0.4 is 4.90 Å². The van der Waals surface area contributed by atoms with Gasteiger partial charge in [0.25, 0.3) is 5.91 Å². The molecule has 140 valence electrons. The molecule has 3 aromatic heterocycles. The number of hydrogen-bond donors (Lipinski definition) is 0. The van der Waals surface area contributed by atoms with Gasteiger partial charge in [-0.3, -0.25) is 4.79 Å². The highest BCUT2D eigenvalue weighted by Gasteiger charge is 2.25. The number of para-hydroxylation sites is 1. The first-order chi connectivity index (χ1) is 13.8. The van der Waals surface area contributed by atoms with Gasteiger partial charge < -0.3 is 14.3 Å². The summed E-state index contributed by atoms with van der Waals surface area (Å²) in [7, 11) is 0. The van der Waals surface area contributed by atoms with Gasteiger partial charge in [-0.25, -0.2) is 4.98 Å². The van der Waals surface area contributed by atoms with Crippen molar-refractivity contribution in [3.05, 3.63) is 65.9 Å². The Labute approximate surface area is 166 Å². The Bertz CT molecular complexity index is 1100. The molecule has 7 heteroatoms. The molecule has 0 bridgehead atoms. The number of carbonyl (C=O) groups is 1. The van der Waals surface area contributed by atoms with Crippen molar-refractivity contribution in [2.24, 2.45) is 0 Å². The fourth-order valence-electron chi connectivity index (χ4n) is 3.56. The monoisotopic (exact) mass is 390 g/mol. The molecule has 6 nitrogen and oxygen atoms in total. The number of nitrogens with zero attached hydrogens (tertiary/aromatic N) is 4. The van der Waals surface area contributed by atoms with E-state index in [0.29, 0.717) is 13.1 Å². The maximum absolute atomic E-state index is 12.4. The Morgan fingerprint density at radius 1 is 1.00 bits per heavy atom. The Hall–Kier alpha value is -3.19. The van der Waals surface area contributed by atoms with Gasteiger partial charge in [0.1, 0.15) is 5.82 Å². The summed E-state index contributed by atoms with van der Waals surface area (Å²) >= 11 is 1.72. The molecule has 0 spiro atoms. The quantitative estimate of drug-likeness (QED) is 0.531. The Morgan fingerprint density at radius 3 is 2.64 bits per heavy atom. The zero-order valence-corrected chi connectivity index (χ0v) is 15.9. The number of piperazine rings is 1. The van der Waals surface area contributed by atoms with Crippen molar-refractivity contribution in [1.82, 2.24) is 15.0 Å². The van der Waals surface area contributed by atoms with E-state index in [2.05, 4.69) is 57.9 Å². The molecular formula is C21H18N4O2S. The van der Waals surface area contributed by atoms with Crippen LogP contribution in [0.25, 0.3) is 21.3 Å². The number of benzene rings is 1. The van der Waals surface area contributed by atoms with Gasteiger partial charge >= 0.3 is 0 Å². The van der Waals surface area contributed by atoms with E-state index < -0.39 is 0 Å². The van der Waals surface area contributed by atoms with E-state index in [1.807, 2.05) is 0 Å². The van der Waals surface area contributed by atoms with Crippen LogP contribution in [0.1, 0.15) is 10.6 Å². The minimum atomic E-state index is -0.108. The van der Waals surface area contributed by atoms with Crippen molar-refractivity contribution in [3.8, 4) is 10.4 Å². The summed E-state index contributed by atoms with van der Waals surface area (Å²) in [6, 6.07) is 16.3. The Morgan fingerprint density at radius 2 is 1.89 bits per heavy atom. The Kier molecular flexibility index (Phi) is 4.29. The van der Waals surface area contributed by atoms with Crippen LogP contribution in [0.3, 0.4) is 0 Å². The van der Waals surface area contributed by atoms with E-state index in [9.17, 15) is 4.79 Å². The first-order valence-corrected chi connectivity index (χ1v) is 10.1. The van der Waals surface area contributed by atoms with Crippen molar-refractivity contribution in [3.63, 3.8) is 0 Å². The molecule has 1 aliphatic rings. The minimum Gasteiger partial charge on any atom is -0.353 e. The summed E-state index contributed by atoms with van der Waals surface area (Å²) in [5, 5.41) is 6.84. The molecule has 4 aromatic rings. The fourth-order valence-corrected chi connectivity index (χ4v) is 4.32. The summed E-state index contributed by atoms with van der Waals surface area (Å²) in [4.78, 5) is 22.6. The number of amides is 1. The summed E-state index contributed by atoms with van der Waals surface area (Å²) in [5.41, 5.74) is 2.18. The highest BCUT2D eigenvalue weighted by atomic mass is 32.1. The van der Waals surface area contributed by atoms with E-state index >= 15 is 0 Å². The van der Waals surface area contributed by atoms with Crippen molar-refractivity contribution >= 4 is 34.0 Å². The van der Waals surface area contributed by atoms with Crippen LogP contribution in [0.15, 0.2) is 64.6 Å². The van der Waals surface area contributed by atoms with Crippen LogP contribution in [-0.2, 0) is 0 Å². The molecule has 0 radical (unpaired) electrons. The molecule has 1 aromatic carbocycles. The van der Waals surface area contributed by atoms with Crippen molar-refractivity contribution in [1.29, 1.82) is 0 Å². The third kappa shape index (κ3) is 3.03. The first-order valence-electron chi connectivity index (χ1n) is 9.18. The largest absolute Gasteiger partial charge is 0.353 e. The highest BCUT2D eigenvalue weighted by molar-refractivity contribution is 7.13. The minimum absolute atomic E-state index is 0.108. The van der Waals surface area contributed by atoms with Crippen molar-refractivity contribution < 1.29 is 9.32 Å². The third-order valence-corrected chi connectivity index (χ3v) is 5.93. The number of thiophene rings is 1. The molecule has 1 fully saturated rings. The van der Waals surface area contributed by atoms with Crippen LogP contribution in [0.5, 0.6) is 0 Å². The van der Waals surface area contributed by atoms with Gasteiger partial charge in [-0.2, -0.15) is 0 Å². The zero-order valence-electron chi connectivity index (χ0n) is 15.1. The summed E-state index contributed by atoms with van der Waals surface area (Å²) in [5.74, 6) is 1.13. The van der Waals surface area contributed by atoms with E-state index in [1.54, 1.807) is 22.3 Å². The lowest BCUT2D eigenvalue weighted by Crippen LogP contribution is -2.49. The summed E-state index contributed by atoms with van der Waals surface area (Å²) in [6.45, 7) is 2.73. The smallest absolute Gasteiger partial charge is 0.292 e. The molecule has 1 aliphatic heterocycles. The van der Waals surface area contributed by atoms with E-state index in [4.69, 9.17) is 9.51 Å². The van der Waals surface area contributed by atoms with E-state index in [-0.39, 0.29) is 11.7 Å². The van der Waals surface area contributed by atoms with Gasteiger partial charge in [-0.15, -0.1) is 11.3 Å². The average molecular weight is 390 g/mol. The van der Waals surface area contributed by atoms with E-state index in [1.165, 1.54) is 11.1 Å². The molecule has 5 rings (SSSR count). The van der Waals surface area contributed by atoms with Crippen LogP contribution in [0.4, 0.5) is 5.82 Å². The van der Waals surface area contributed by atoms with Gasteiger partial charge in [0.05, 0.1) is 11.7 Å². The molecule has 0 N–H and O–H groups in total. The molecule has 0 saturated carbocycles. The second kappa shape index (κ2) is 7.09. The van der Waals surface area contributed by atoms with Crippen LogP contribution in [0, 0.1) is 0 Å². The molecule has 4 heterocycles. The SMILES string of the molecule is O=C(c1ccno1)N1CCN(c2ccc3cccc(-c4cccs4)c3n2)CC1. The van der Waals surface area contributed by atoms with Crippen LogP contribution in [-0.4, -0.2) is 47.1 Å². The molecular weight excluding hydrogens is 372 g/mol. The standard InChI is InChI=1S/C21H18N4O2S/c26-21(17-8-9-22-27-17)25-12-10-24(11-13-25)19-7-6-15-3-1-4-16(20(15)23-19)18-5-2-14-28-18/h1-9,14H,10-13H2. The number of fused-ring (bicyclic) bond motifs is 1. The lowest BCUT2D eigenvalue weighted by Gasteiger charge is -2.35. The fraction of sp³-hybridized carbons (Fsp3) is 0.190. The number of aromatic nitrogens is 2. The summed E-state index contributed by atoms with van der Waals surface area (Å²) in [6.07, 6.45) is 1.49. The normalized spacial score (nSPS) is 14.6. The number of carbonyl (C=O) groups excluding carboxylic acids is 1. The number of hydrogen-bond acceptors (Lipinski definition) is 6. The first kappa shape index (κ1) is 16.9. The van der Waals surface area contributed by atoms with Gasteiger partial charge in [-0.1, -0.05) is 29.4 Å². The lowest BCUT2D eigenvalue weighted by molar-refractivity contribution is 0.0704. The van der Waals surface area contributed by atoms with Gasteiger partial charge in [0.15, 0.2) is 0 Å². The van der Waals surface area contributed by atoms with E-state index in [0.717, 1.165) is 35.4 Å². The van der Waals surface area contributed by atoms with Crippen LogP contribution >= 0.6 is 11.3 Å². The predicted octanol–water partition coefficient (Wildman–Crippen LogP) is 3.91. The molecule has 0 aliphatic carbocycles. The molecule has 0 atom stereocenters. The van der Waals surface area contributed by atoms with Crippen LogP contribution in [0.2, 0.25) is 0 Å². The average Bonchev–Trinajstić information content (AvgIpc) is 3.47. The predicted molar refractivity (Wildman–Crippen MR) is 110 cm³/mol. The molecule has 1 amide bonds.